The molecule has 0 saturated carbocycles. The van der Waals surface area contributed by atoms with E-state index in [0.29, 0.717) is 15.7 Å². The Balaban J connectivity index is 1.78. The molecule has 124 valence electrons. The van der Waals surface area contributed by atoms with Crippen LogP contribution in [0.1, 0.15) is 29.8 Å². The Morgan fingerprint density at radius 3 is 2.58 bits per heavy atom. The summed E-state index contributed by atoms with van der Waals surface area (Å²) in [6.45, 7) is 5.84. The summed E-state index contributed by atoms with van der Waals surface area (Å²) < 4.78 is 6.57. The minimum atomic E-state index is -0.200. The maximum absolute atomic E-state index is 12.4. The van der Waals surface area contributed by atoms with Crippen LogP contribution in [0.3, 0.4) is 0 Å². The molecule has 3 aromatic rings. The van der Waals surface area contributed by atoms with Gasteiger partial charge in [0, 0.05) is 10.6 Å². The molecule has 1 N–H and O–H groups in total. The first-order valence-corrected chi connectivity index (χ1v) is 8.77. The number of amides is 1. The summed E-state index contributed by atoms with van der Waals surface area (Å²) in [7, 11) is 0. The number of carbonyl (C=O) groups excluding carboxylic acids is 1. The molecule has 1 amide bonds. The lowest BCUT2D eigenvalue weighted by atomic mass is 10.2. The fraction of sp³-hybridized carbons (Fsp3) is 0.222. The van der Waals surface area contributed by atoms with Gasteiger partial charge in [0.05, 0.1) is 16.3 Å². The van der Waals surface area contributed by atoms with Gasteiger partial charge in [-0.25, -0.2) is 4.98 Å². The first-order valence-electron chi connectivity index (χ1n) is 7.58. The summed E-state index contributed by atoms with van der Waals surface area (Å²) in [5.74, 6) is 0.542. The van der Waals surface area contributed by atoms with Crippen molar-refractivity contribution in [3.8, 4) is 5.75 Å². The van der Waals surface area contributed by atoms with Crippen LogP contribution in [-0.4, -0.2) is 17.0 Å². The van der Waals surface area contributed by atoms with Crippen molar-refractivity contribution in [2.45, 2.75) is 26.9 Å². The summed E-state index contributed by atoms with van der Waals surface area (Å²) in [5, 5.41) is 4.07. The van der Waals surface area contributed by atoms with E-state index in [1.165, 1.54) is 11.3 Å². The second kappa shape index (κ2) is 6.79. The molecule has 0 fully saturated rings. The molecule has 0 aliphatic carbocycles. The monoisotopic (exact) mass is 360 g/mol. The number of hydrogen-bond acceptors (Lipinski definition) is 4. The number of hydrogen-bond donors (Lipinski definition) is 1. The molecule has 3 rings (SSSR count). The third-order valence-electron chi connectivity index (χ3n) is 3.46. The van der Waals surface area contributed by atoms with Gasteiger partial charge in [0.2, 0.25) is 0 Å². The number of thiazole rings is 1. The number of halogens is 1. The van der Waals surface area contributed by atoms with Crippen LogP contribution < -0.4 is 10.1 Å². The van der Waals surface area contributed by atoms with Crippen molar-refractivity contribution in [1.82, 2.24) is 4.98 Å². The van der Waals surface area contributed by atoms with Crippen LogP contribution in [0.25, 0.3) is 10.2 Å². The number of aromatic nitrogens is 1. The fourth-order valence-electron chi connectivity index (χ4n) is 2.28. The predicted molar refractivity (Wildman–Crippen MR) is 99.5 cm³/mol. The Hall–Kier alpha value is -2.11. The van der Waals surface area contributed by atoms with Gasteiger partial charge in [-0.05, 0) is 62.7 Å². The zero-order valence-electron chi connectivity index (χ0n) is 13.6. The van der Waals surface area contributed by atoms with E-state index in [1.54, 1.807) is 24.3 Å². The van der Waals surface area contributed by atoms with Crippen LogP contribution in [0.4, 0.5) is 5.13 Å². The van der Waals surface area contributed by atoms with Crippen molar-refractivity contribution in [2.75, 3.05) is 5.32 Å². The van der Waals surface area contributed by atoms with Crippen molar-refractivity contribution in [1.29, 1.82) is 0 Å². The van der Waals surface area contributed by atoms with E-state index in [1.807, 2.05) is 32.9 Å². The molecule has 0 atom stereocenters. The highest BCUT2D eigenvalue weighted by Crippen LogP contribution is 2.31. The minimum absolute atomic E-state index is 0.0995. The first-order chi connectivity index (χ1) is 11.4. The van der Waals surface area contributed by atoms with Crippen molar-refractivity contribution >= 4 is 44.2 Å². The third-order valence-corrected chi connectivity index (χ3v) is 4.80. The molecule has 1 aromatic heterocycles. The van der Waals surface area contributed by atoms with Gasteiger partial charge in [0.15, 0.2) is 5.13 Å². The number of anilines is 1. The number of nitrogens with one attached hydrogen (secondary N) is 1. The molecule has 0 aliphatic heterocycles. The van der Waals surface area contributed by atoms with Gasteiger partial charge < -0.3 is 4.74 Å². The van der Waals surface area contributed by atoms with Gasteiger partial charge in [-0.15, -0.1) is 0 Å². The van der Waals surface area contributed by atoms with Gasteiger partial charge in [-0.1, -0.05) is 22.9 Å². The van der Waals surface area contributed by atoms with Crippen LogP contribution >= 0.6 is 22.9 Å². The van der Waals surface area contributed by atoms with Gasteiger partial charge in [-0.3, -0.25) is 10.1 Å². The number of carbonyl (C=O) groups is 1. The average molecular weight is 361 g/mol. The Kier molecular flexibility index (Phi) is 4.73. The highest BCUT2D eigenvalue weighted by molar-refractivity contribution is 7.22. The van der Waals surface area contributed by atoms with Gasteiger partial charge in [0.25, 0.3) is 5.91 Å². The maximum atomic E-state index is 12.4. The number of aryl methyl sites for hydroxylation is 1. The number of benzene rings is 2. The zero-order chi connectivity index (χ0) is 17.3. The Labute approximate surface area is 149 Å². The lowest BCUT2D eigenvalue weighted by Crippen LogP contribution is -2.12. The smallest absolute Gasteiger partial charge is 0.257 e. The predicted octanol–water partition coefficient (Wildman–Crippen LogP) is 5.30. The first kappa shape index (κ1) is 16.7. The molecule has 6 heteroatoms. The van der Waals surface area contributed by atoms with Crippen LogP contribution in [-0.2, 0) is 0 Å². The highest BCUT2D eigenvalue weighted by atomic mass is 35.5. The molecule has 0 radical (unpaired) electrons. The molecule has 0 aliphatic rings. The average Bonchev–Trinajstić information content (AvgIpc) is 2.94. The maximum Gasteiger partial charge on any atom is 0.257 e. The lowest BCUT2D eigenvalue weighted by Gasteiger charge is -2.09. The molecule has 1 heterocycles. The second-order valence-corrected chi connectivity index (χ2v) is 7.12. The molecule has 2 aromatic carbocycles. The van der Waals surface area contributed by atoms with E-state index in [-0.39, 0.29) is 12.0 Å². The SMILES string of the molecule is Cc1c(Cl)ccc2sc(NC(=O)c3ccc(OC(C)C)cc3)nc12. The van der Waals surface area contributed by atoms with Crippen LogP contribution in [0.5, 0.6) is 5.75 Å². The topological polar surface area (TPSA) is 51.2 Å². The van der Waals surface area contributed by atoms with E-state index in [2.05, 4.69) is 10.3 Å². The van der Waals surface area contributed by atoms with Crippen molar-refractivity contribution in [3.05, 3.63) is 52.5 Å². The van der Waals surface area contributed by atoms with E-state index in [9.17, 15) is 4.79 Å². The van der Waals surface area contributed by atoms with E-state index >= 15 is 0 Å². The molecular formula is C18H17ClN2O2S. The zero-order valence-corrected chi connectivity index (χ0v) is 15.2. The lowest BCUT2D eigenvalue weighted by molar-refractivity contribution is 0.102. The van der Waals surface area contributed by atoms with E-state index < -0.39 is 0 Å². The van der Waals surface area contributed by atoms with Crippen LogP contribution in [0.2, 0.25) is 5.02 Å². The van der Waals surface area contributed by atoms with Gasteiger partial charge >= 0.3 is 0 Å². The summed E-state index contributed by atoms with van der Waals surface area (Å²) in [6, 6.07) is 10.8. The molecule has 0 bridgehead atoms. The number of fused-ring (bicyclic) bond motifs is 1. The number of ether oxygens (including phenoxy) is 1. The van der Waals surface area contributed by atoms with E-state index in [4.69, 9.17) is 16.3 Å². The van der Waals surface area contributed by atoms with Crippen molar-refractivity contribution in [3.63, 3.8) is 0 Å². The summed E-state index contributed by atoms with van der Waals surface area (Å²) in [5.41, 5.74) is 2.30. The third kappa shape index (κ3) is 3.52. The summed E-state index contributed by atoms with van der Waals surface area (Å²) in [6.07, 6.45) is 0.0995. The normalized spacial score (nSPS) is 11.0. The van der Waals surface area contributed by atoms with Crippen LogP contribution in [0.15, 0.2) is 36.4 Å². The number of rotatable bonds is 4. The van der Waals surface area contributed by atoms with Gasteiger partial charge in [-0.2, -0.15) is 0 Å². The summed E-state index contributed by atoms with van der Waals surface area (Å²) >= 11 is 7.54. The standard InChI is InChI=1S/C18H17ClN2O2S/c1-10(2)23-13-6-4-12(5-7-13)17(22)21-18-20-16-11(3)14(19)8-9-15(16)24-18/h4-10H,1-3H3,(H,20,21,22). The second-order valence-electron chi connectivity index (χ2n) is 5.68. The fourth-order valence-corrected chi connectivity index (χ4v) is 3.35. The van der Waals surface area contributed by atoms with E-state index in [0.717, 1.165) is 21.5 Å². The highest BCUT2D eigenvalue weighted by Gasteiger charge is 2.12. The molecule has 0 unspecified atom stereocenters. The number of nitrogens with zero attached hydrogens (tertiary/aromatic N) is 1. The van der Waals surface area contributed by atoms with Crippen LogP contribution in [0, 0.1) is 6.92 Å². The summed E-state index contributed by atoms with van der Waals surface area (Å²) in [4.78, 5) is 16.8. The Morgan fingerprint density at radius 1 is 1.21 bits per heavy atom. The molecular weight excluding hydrogens is 344 g/mol. The van der Waals surface area contributed by atoms with Crippen molar-refractivity contribution in [2.24, 2.45) is 0 Å². The quantitative estimate of drug-likeness (QED) is 0.687. The Morgan fingerprint density at radius 2 is 1.92 bits per heavy atom. The minimum Gasteiger partial charge on any atom is -0.491 e. The molecule has 0 saturated heterocycles. The molecule has 24 heavy (non-hydrogen) atoms. The van der Waals surface area contributed by atoms with Gasteiger partial charge in [0.1, 0.15) is 5.75 Å². The largest absolute Gasteiger partial charge is 0.491 e. The van der Waals surface area contributed by atoms with Crippen molar-refractivity contribution < 1.29 is 9.53 Å². The molecule has 0 spiro atoms. The molecule has 4 nitrogen and oxygen atoms in total. The Bertz CT molecular complexity index is 888.